The molecule has 0 aliphatic carbocycles. The van der Waals surface area contributed by atoms with E-state index in [1.807, 2.05) is 24.3 Å². The SMILES string of the molecule is Cc1ccc(Cn2c(SC[C@H]3CCCCO3)nc3ccccc3c2=O)cc1. The zero-order valence-electron chi connectivity index (χ0n) is 15.6. The Morgan fingerprint density at radius 2 is 1.96 bits per heavy atom. The lowest BCUT2D eigenvalue weighted by molar-refractivity contribution is 0.0315. The lowest BCUT2D eigenvalue weighted by Crippen LogP contribution is -2.26. The van der Waals surface area contributed by atoms with E-state index in [-0.39, 0.29) is 11.7 Å². The van der Waals surface area contributed by atoms with Gasteiger partial charge in [-0.15, -0.1) is 0 Å². The Morgan fingerprint density at radius 1 is 1.15 bits per heavy atom. The van der Waals surface area contributed by atoms with Gasteiger partial charge in [-0.1, -0.05) is 53.7 Å². The number of nitrogens with zero attached hydrogens (tertiary/aromatic N) is 2. The first kappa shape index (κ1) is 18.3. The van der Waals surface area contributed by atoms with Gasteiger partial charge in [-0.2, -0.15) is 0 Å². The average molecular weight is 381 g/mol. The van der Waals surface area contributed by atoms with E-state index in [1.54, 1.807) is 16.3 Å². The Hall–Kier alpha value is -2.11. The van der Waals surface area contributed by atoms with Gasteiger partial charge in [-0.3, -0.25) is 9.36 Å². The third-order valence-electron chi connectivity index (χ3n) is 4.96. The Bertz CT molecular complexity index is 976. The van der Waals surface area contributed by atoms with E-state index in [9.17, 15) is 4.79 Å². The van der Waals surface area contributed by atoms with Crippen molar-refractivity contribution in [3.8, 4) is 0 Å². The van der Waals surface area contributed by atoms with Crippen molar-refractivity contribution in [3.05, 3.63) is 70.0 Å². The number of rotatable bonds is 5. The van der Waals surface area contributed by atoms with Gasteiger partial charge in [0, 0.05) is 12.4 Å². The molecule has 5 heteroatoms. The second kappa shape index (κ2) is 8.28. The van der Waals surface area contributed by atoms with Crippen LogP contribution in [0.2, 0.25) is 0 Å². The van der Waals surface area contributed by atoms with Crippen molar-refractivity contribution in [1.82, 2.24) is 9.55 Å². The zero-order chi connectivity index (χ0) is 18.6. The van der Waals surface area contributed by atoms with E-state index in [2.05, 4.69) is 31.2 Å². The molecular formula is C22H24N2O2S. The Morgan fingerprint density at radius 3 is 2.74 bits per heavy atom. The van der Waals surface area contributed by atoms with Crippen molar-refractivity contribution in [3.63, 3.8) is 0 Å². The first-order valence-corrected chi connectivity index (χ1v) is 10.5. The largest absolute Gasteiger partial charge is 0.377 e. The first-order valence-electron chi connectivity index (χ1n) is 9.50. The number of fused-ring (bicyclic) bond motifs is 1. The van der Waals surface area contributed by atoms with Crippen molar-refractivity contribution >= 4 is 22.7 Å². The molecule has 1 saturated heterocycles. The molecular weight excluding hydrogens is 356 g/mol. The topological polar surface area (TPSA) is 44.1 Å². The van der Waals surface area contributed by atoms with Crippen LogP contribution in [-0.2, 0) is 11.3 Å². The minimum Gasteiger partial charge on any atom is -0.377 e. The number of aromatic nitrogens is 2. The zero-order valence-corrected chi connectivity index (χ0v) is 16.4. The van der Waals surface area contributed by atoms with E-state index in [0.29, 0.717) is 11.9 Å². The summed E-state index contributed by atoms with van der Waals surface area (Å²) in [7, 11) is 0. The molecule has 0 bridgehead atoms. The van der Waals surface area contributed by atoms with Crippen LogP contribution in [-0.4, -0.2) is 28.0 Å². The minimum absolute atomic E-state index is 0.0215. The Labute approximate surface area is 163 Å². The monoisotopic (exact) mass is 380 g/mol. The average Bonchev–Trinajstić information content (AvgIpc) is 2.71. The summed E-state index contributed by atoms with van der Waals surface area (Å²) >= 11 is 1.63. The Kier molecular flexibility index (Phi) is 5.60. The first-order chi connectivity index (χ1) is 13.2. The van der Waals surface area contributed by atoms with Gasteiger partial charge in [0.15, 0.2) is 5.16 Å². The van der Waals surface area contributed by atoms with Gasteiger partial charge < -0.3 is 4.74 Å². The normalized spacial score (nSPS) is 17.3. The summed E-state index contributed by atoms with van der Waals surface area (Å²) in [6, 6.07) is 15.9. The second-order valence-corrected chi connectivity index (χ2v) is 8.08. The van der Waals surface area contributed by atoms with Gasteiger partial charge >= 0.3 is 0 Å². The van der Waals surface area contributed by atoms with Crippen LogP contribution in [0.4, 0.5) is 0 Å². The van der Waals surface area contributed by atoms with Crippen LogP contribution in [0.15, 0.2) is 58.5 Å². The maximum Gasteiger partial charge on any atom is 0.262 e. The summed E-state index contributed by atoms with van der Waals surface area (Å²) in [6.45, 7) is 3.44. The summed E-state index contributed by atoms with van der Waals surface area (Å²) in [5.74, 6) is 0.832. The predicted octanol–water partition coefficient (Wildman–Crippen LogP) is 4.41. The van der Waals surface area contributed by atoms with Crippen LogP contribution in [0.5, 0.6) is 0 Å². The van der Waals surface area contributed by atoms with Gasteiger partial charge in [0.2, 0.25) is 0 Å². The highest BCUT2D eigenvalue weighted by Gasteiger charge is 2.17. The van der Waals surface area contributed by atoms with E-state index >= 15 is 0 Å². The van der Waals surface area contributed by atoms with E-state index in [0.717, 1.165) is 41.4 Å². The van der Waals surface area contributed by atoms with Crippen molar-refractivity contribution < 1.29 is 4.74 Å². The molecule has 1 aliphatic heterocycles. The highest BCUT2D eigenvalue weighted by Crippen LogP contribution is 2.24. The van der Waals surface area contributed by atoms with Gasteiger partial charge in [-0.25, -0.2) is 4.98 Å². The van der Waals surface area contributed by atoms with Gasteiger partial charge in [0.05, 0.1) is 23.6 Å². The van der Waals surface area contributed by atoms with Crippen LogP contribution in [0.3, 0.4) is 0 Å². The van der Waals surface area contributed by atoms with Crippen molar-refractivity contribution in [2.45, 2.75) is 44.0 Å². The molecule has 140 valence electrons. The third-order valence-corrected chi connectivity index (χ3v) is 6.07. The molecule has 1 fully saturated rings. The minimum atomic E-state index is 0.0215. The van der Waals surface area contributed by atoms with Crippen molar-refractivity contribution in [2.75, 3.05) is 12.4 Å². The molecule has 27 heavy (non-hydrogen) atoms. The molecule has 0 amide bonds. The lowest BCUT2D eigenvalue weighted by Gasteiger charge is -2.22. The fourth-order valence-corrected chi connectivity index (χ4v) is 4.44. The van der Waals surface area contributed by atoms with E-state index < -0.39 is 0 Å². The number of para-hydroxylation sites is 1. The summed E-state index contributed by atoms with van der Waals surface area (Å²) in [5.41, 5.74) is 3.10. The maximum absolute atomic E-state index is 13.2. The number of hydrogen-bond acceptors (Lipinski definition) is 4. The highest BCUT2D eigenvalue weighted by molar-refractivity contribution is 7.99. The van der Waals surface area contributed by atoms with Gasteiger partial charge in [0.1, 0.15) is 0 Å². The maximum atomic E-state index is 13.2. The van der Waals surface area contributed by atoms with Crippen molar-refractivity contribution in [1.29, 1.82) is 0 Å². The summed E-state index contributed by atoms with van der Waals surface area (Å²) < 4.78 is 7.66. The van der Waals surface area contributed by atoms with Crippen LogP contribution >= 0.6 is 11.8 Å². The molecule has 0 spiro atoms. The number of aryl methyl sites for hydroxylation is 1. The van der Waals surface area contributed by atoms with E-state index in [1.165, 1.54) is 12.0 Å². The van der Waals surface area contributed by atoms with E-state index in [4.69, 9.17) is 9.72 Å². The molecule has 4 nitrogen and oxygen atoms in total. The fraction of sp³-hybridized carbons (Fsp3) is 0.364. The smallest absolute Gasteiger partial charge is 0.262 e. The van der Waals surface area contributed by atoms with Gasteiger partial charge in [-0.05, 0) is 43.9 Å². The molecule has 1 aromatic heterocycles. The van der Waals surface area contributed by atoms with Crippen molar-refractivity contribution in [2.24, 2.45) is 0 Å². The van der Waals surface area contributed by atoms with Crippen LogP contribution in [0.1, 0.15) is 30.4 Å². The highest BCUT2D eigenvalue weighted by atomic mass is 32.2. The molecule has 3 aromatic rings. The number of ether oxygens (including phenoxy) is 1. The summed E-state index contributed by atoms with van der Waals surface area (Å²) in [5, 5.41) is 1.44. The molecule has 2 heterocycles. The molecule has 4 rings (SSSR count). The van der Waals surface area contributed by atoms with Gasteiger partial charge in [0.25, 0.3) is 5.56 Å². The molecule has 0 unspecified atom stereocenters. The summed E-state index contributed by atoms with van der Waals surface area (Å²) in [4.78, 5) is 18.0. The van der Waals surface area contributed by atoms with Crippen LogP contribution < -0.4 is 5.56 Å². The molecule has 0 saturated carbocycles. The predicted molar refractivity (Wildman–Crippen MR) is 111 cm³/mol. The molecule has 0 N–H and O–H groups in total. The van der Waals surface area contributed by atoms with Crippen LogP contribution in [0, 0.1) is 6.92 Å². The second-order valence-electron chi connectivity index (χ2n) is 7.09. The molecule has 0 radical (unpaired) electrons. The lowest BCUT2D eigenvalue weighted by atomic mass is 10.1. The number of hydrogen-bond donors (Lipinski definition) is 0. The molecule has 2 aromatic carbocycles. The third kappa shape index (κ3) is 4.25. The molecule has 1 aliphatic rings. The quantitative estimate of drug-likeness (QED) is 0.486. The number of benzene rings is 2. The fourth-order valence-electron chi connectivity index (χ4n) is 3.38. The molecule has 1 atom stereocenters. The van der Waals surface area contributed by atoms with Crippen LogP contribution in [0.25, 0.3) is 10.9 Å². The Balaban J connectivity index is 1.68. The standard InChI is InChI=1S/C22H24N2O2S/c1-16-9-11-17(12-10-16)14-24-21(25)19-7-2-3-8-20(19)23-22(24)27-15-18-6-4-5-13-26-18/h2-3,7-12,18H,4-6,13-15H2,1H3/t18-/m1/s1. The summed E-state index contributed by atoms with van der Waals surface area (Å²) in [6.07, 6.45) is 3.70. The number of thioether (sulfide) groups is 1.